The first-order valence-corrected chi connectivity index (χ1v) is 10.3. The number of aromatic hydroxyl groups is 1. The molecule has 1 aromatic carbocycles. The number of phenols is 1. The molecule has 1 aliphatic heterocycles. The van der Waals surface area contributed by atoms with Gasteiger partial charge >= 0.3 is 12.1 Å². The SMILES string of the molecule is Cc1cc(C(F)(F)F)cc(O)c1-c1cc(CN)c(N[C@@H]2CCCN(CCC(=O)O)C2)nn1. The average molecular weight is 453 g/mol. The van der Waals surface area contributed by atoms with E-state index in [1.54, 1.807) is 6.07 Å². The summed E-state index contributed by atoms with van der Waals surface area (Å²) in [7, 11) is 0. The monoisotopic (exact) mass is 453 g/mol. The van der Waals surface area contributed by atoms with Gasteiger partial charge in [0.1, 0.15) is 5.75 Å². The number of aromatic nitrogens is 2. The normalized spacial score (nSPS) is 17.3. The summed E-state index contributed by atoms with van der Waals surface area (Å²) in [5.41, 5.74) is 6.16. The number of hydrogen-bond acceptors (Lipinski definition) is 7. The van der Waals surface area contributed by atoms with Crippen molar-refractivity contribution in [3.8, 4) is 17.0 Å². The second-order valence-electron chi connectivity index (χ2n) is 7.92. The average Bonchev–Trinajstić information content (AvgIpc) is 2.72. The zero-order chi connectivity index (χ0) is 23.5. The van der Waals surface area contributed by atoms with Gasteiger partial charge in [-0.3, -0.25) is 4.79 Å². The van der Waals surface area contributed by atoms with Crippen LogP contribution in [0.25, 0.3) is 11.3 Å². The Labute approximate surface area is 183 Å². The fourth-order valence-corrected chi connectivity index (χ4v) is 3.92. The molecule has 0 saturated carbocycles. The lowest BCUT2D eigenvalue weighted by Crippen LogP contribution is -2.43. The van der Waals surface area contributed by atoms with Crippen molar-refractivity contribution in [3.05, 3.63) is 34.9 Å². The maximum Gasteiger partial charge on any atom is 0.416 e. The minimum absolute atomic E-state index is 0.0317. The van der Waals surface area contributed by atoms with E-state index in [1.165, 1.54) is 6.92 Å². The predicted octanol–water partition coefficient (Wildman–Crippen LogP) is 2.99. The fourth-order valence-electron chi connectivity index (χ4n) is 3.92. The van der Waals surface area contributed by atoms with E-state index in [1.807, 2.05) is 0 Å². The highest BCUT2D eigenvalue weighted by atomic mass is 19.4. The summed E-state index contributed by atoms with van der Waals surface area (Å²) in [4.78, 5) is 12.9. The molecule has 11 heteroatoms. The van der Waals surface area contributed by atoms with E-state index in [0.29, 0.717) is 30.5 Å². The van der Waals surface area contributed by atoms with E-state index >= 15 is 0 Å². The van der Waals surface area contributed by atoms with Gasteiger partial charge in [0.2, 0.25) is 0 Å². The lowest BCUT2D eigenvalue weighted by molar-refractivity contribution is -0.138. The number of nitrogens with one attached hydrogen (secondary N) is 1. The summed E-state index contributed by atoms with van der Waals surface area (Å²) in [5.74, 6) is -0.907. The van der Waals surface area contributed by atoms with Crippen molar-refractivity contribution in [2.75, 3.05) is 25.0 Å². The number of carboxylic acid groups (broad SMARTS) is 1. The van der Waals surface area contributed by atoms with Crippen LogP contribution in [0.15, 0.2) is 18.2 Å². The van der Waals surface area contributed by atoms with Crippen LogP contribution in [-0.2, 0) is 17.5 Å². The molecule has 0 bridgehead atoms. The highest BCUT2D eigenvalue weighted by Gasteiger charge is 2.32. The number of benzene rings is 1. The number of rotatable bonds is 7. The van der Waals surface area contributed by atoms with Crippen molar-refractivity contribution in [1.29, 1.82) is 0 Å². The number of carboxylic acids is 1. The molecule has 0 unspecified atom stereocenters. The third kappa shape index (κ3) is 5.65. The van der Waals surface area contributed by atoms with Gasteiger partial charge in [-0.1, -0.05) is 0 Å². The van der Waals surface area contributed by atoms with E-state index in [2.05, 4.69) is 20.4 Å². The van der Waals surface area contributed by atoms with Gasteiger partial charge in [-0.15, -0.1) is 10.2 Å². The number of aliphatic carboxylic acids is 1. The van der Waals surface area contributed by atoms with E-state index in [0.717, 1.165) is 25.5 Å². The first kappa shape index (κ1) is 23.7. The molecular formula is C21H26F3N5O3. The zero-order valence-corrected chi connectivity index (χ0v) is 17.6. The van der Waals surface area contributed by atoms with Crippen molar-refractivity contribution >= 4 is 11.8 Å². The largest absolute Gasteiger partial charge is 0.507 e. The highest BCUT2D eigenvalue weighted by molar-refractivity contribution is 5.72. The Morgan fingerprint density at radius 2 is 2.06 bits per heavy atom. The van der Waals surface area contributed by atoms with Crippen LogP contribution < -0.4 is 11.1 Å². The minimum atomic E-state index is -4.57. The number of alkyl halides is 3. The Bertz CT molecular complexity index is 961. The summed E-state index contributed by atoms with van der Waals surface area (Å²) in [6.07, 6.45) is -2.72. The third-order valence-corrected chi connectivity index (χ3v) is 5.48. The Morgan fingerprint density at radius 1 is 1.31 bits per heavy atom. The van der Waals surface area contributed by atoms with Crippen LogP contribution in [0.4, 0.5) is 19.0 Å². The molecule has 1 fully saturated rings. The van der Waals surface area contributed by atoms with E-state index in [9.17, 15) is 23.1 Å². The van der Waals surface area contributed by atoms with Crippen LogP contribution >= 0.6 is 0 Å². The van der Waals surface area contributed by atoms with Crippen LogP contribution in [0, 0.1) is 6.92 Å². The molecule has 174 valence electrons. The molecule has 8 nitrogen and oxygen atoms in total. The summed E-state index contributed by atoms with van der Waals surface area (Å²) in [6, 6.07) is 3.27. The third-order valence-electron chi connectivity index (χ3n) is 5.48. The fraction of sp³-hybridized carbons (Fsp3) is 0.476. The number of likely N-dealkylation sites (tertiary alicyclic amines) is 1. The maximum absolute atomic E-state index is 13.0. The van der Waals surface area contributed by atoms with Crippen LogP contribution in [0.5, 0.6) is 5.75 Å². The van der Waals surface area contributed by atoms with Crippen LogP contribution in [0.2, 0.25) is 0 Å². The molecule has 0 amide bonds. The van der Waals surface area contributed by atoms with Crippen molar-refractivity contribution < 1.29 is 28.2 Å². The molecule has 1 saturated heterocycles. The first-order chi connectivity index (χ1) is 15.1. The lowest BCUT2D eigenvalue weighted by atomic mass is 9.99. The van der Waals surface area contributed by atoms with E-state index in [-0.39, 0.29) is 35.8 Å². The van der Waals surface area contributed by atoms with Gasteiger partial charge in [-0.05, 0) is 50.1 Å². The van der Waals surface area contributed by atoms with Gasteiger partial charge < -0.3 is 26.2 Å². The number of nitrogens with two attached hydrogens (primary N) is 1. The van der Waals surface area contributed by atoms with Gasteiger partial charge in [0.25, 0.3) is 0 Å². The maximum atomic E-state index is 13.0. The van der Waals surface area contributed by atoms with Crippen molar-refractivity contribution in [2.24, 2.45) is 5.73 Å². The number of halogens is 3. The van der Waals surface area contributed by atoms with Gasteiger partial charge in [0.15, 0.2) is 5.82 Å². The molecule has 3 rings (SSSR count). The minimum Gasteiger partial charge on any atom is -0.507 e. The molecule has 1 aliphatic rings. The van der Waals surface area contributed by atoms with E-state index < -0.39 is 23.5 Å². The Balaban J connectivity index is 1.80. The lowest BCUT2D eigenvalue weighted by Gasteiger charge is -2.33. The number of aryl methyl sites for hydroxylation is 1. The second-order valence-corrected chi connectivity index (χ2v) is 7.92. The standard InChI is InChI=1S/C21H26F3N5O3/c1-12-7-14(21(22,23)24)9-17(30)19(12)16-8-13(10-25)20(28-27-16)26-15-3-2-5-29(11-15)6-4-18(31)32/h7-9,15,30H,2-6,10-11,25H2,1H3,(H,26,28)(H,31,32)/t15-/m1/s1. The zero-order valence-electron chi connectivity index (χ0n) is 17.6. The summed E-state index contributed by atoms with van der Waals surface area (Å²) in [6.45, 7) is 3.52. The van der Waals surface area contributed by atoms with Crippen LogP contribution in [-0.4, -0.2) is 57.0 Å². The second kappa shape index (κ2) is 9.70. The molecule has 0 aliphatic carbocycles. The molecule has 5 N–H and O–H groups in total. The molecule has 0 spiro atoms. The predicted molar refractivity (Wildman–Crippen MR) is 112 cm³/mol. The molecule has 1 aromatic heterocycles. The molecule has 0 radical (unpaired) electrons. The summed E-state index contributed by atoms with van der Waals surface area (Å²) < 4.78 is 39.0. The number of anilines is 1. The molecule has 2 aromatic rings. The van der Waals surface area contributed by atoms with E-state index in [4.69, 9.17) is 10.8 Å². The Kier molecular flexibility index (Phi) is 7.19. The topological polar surface area (TPSA) is 125 Å². The molecule has 2 heterocycles. The molecule has 32 heavy (non-hydrogen) atoms. The Morgan fingerprint density at radius 3 is 2.69 bits per heavy atom. The number of carbonyl (C=O) groups is 1. The van der Waals surface area contributed by atoms with Crippen LogP contribution in [0.1, 0.15) is 36.0 Å². The van der Waals surface area contributed by atoms with Gasteiger partial charge in [-0.2, -0.15) is 13.2 Å². The van der Waals surface area contributed by atoms with Crippen molar-refractivity contribution in [2.45, 2.75) is 44.9 Å². The number of hydrogen-bond donors (Lipinski definition) is 4. The summed E-state index contributed by atoms with van der Waals surface area (Å²) in [5, 5.41) is 30.7. The molecule has 1 atom stereocenters. The number of piperidine rings is 1. The highest BCUT2D eigenvalue weighted by Crippen LogP contribution is 2.38. The number of nitrogens with zero attached hydrogens (tertiary/aromatic N) is 3. The Hall–Kier alpha value is -2.92. The van der Waals surface area contributed by atoms with Crippen LogP contribution in [0.3, 0.4) is 0 Å². The molecular weight excluding hydrogens is 427 g/mol. The van der Waals surface area contributed by atoms with Crippen molar-refractivity contribution in [3.63, 3.8) is 0 Å². The quantitative estimate of drug-likeness (QED) is 0.504. The number of phenolic OH excluding ortho intramolecular Hbond substituents is 1. The van der Waals surface area contributed by atoms with Gasteiger partial charge in [0, 0.05) is 36.8 Å². The van der Waals surface area contributed by atoms with Crippen molar-refractivity contribution in [1.82, 2.24) is 15.1 Å². The summed E-state index contributed by atoms with van der Waals surface area (Å²) >= 11 is 0. The smallest absolute Gasteiger partial charge is 0.416 e. The van der Waals surface area contributed by atoms with Gasteiger partial charge in [-0.25, -0.2) is 0 Å². The van der Waals surface area contributed by atoms with Gasteiger partial charge in [0.05, 0.1) is 17.7 Å². The first-order valence-electron chi connectivity index (χ1n) is 10.3.